The summed E-state index contributed by atoms with van der Waals surface area (Å²) in [6.07, 6.45) is -5.09. The van der Waals surface area contributed by atoms with Crippen LogP contribution in [-0.2, 0) is 23.4 Å². The van der Waals surface area contributed by atoms with E-state index in [9.17, 15) is 14.5 Å². The minimum absolute atomic E-state index is 0.201. The molecule has 4 rings (SSSR count). The Balaban J connectivity index is 1.52. The minimum atomic E-state index is -4.24. The van der Waals surface area contributed by atoms with E-state index in [4.69, 9.17) is 18.5 Å². The number of nitrogens with zero attached hydrogens (tertiary/aromatic N) is 4. The Bertz CT molecular complexity index is 1340. The quantitative estimate of drug-likeness (QED) is 0.230. The lowest BCUT2D eigenvalue weighted by Gasteiger charge is -2.25. The molecule has 0 radical (unpaired) electrons. The number of aromatic nitrogens is 4. The number of imidazole rings is 1. The topological polar surface area (TPSA) is 159 Å². The summed E-state index contributed by atoms with van der Waals surface area (Å²) in [5, 5.41) is 16.1. The van der Waals surface area contributed by atoms with Crippen molar-refractivity contribution in [3.63, 3.8) is 0 Å². The van der Waals surface area contributed by atoms with Crippen molar-refractivity contribution in [2.24, 2.45) is 0 Å². The van der Waals surface area contributed by atoms with E-state index in [1.165, 1.54) is 17.8 Å². The first-order chi connectivity index (χ1) is 18.5. The van der Waals surface area contributed by atoms with Crippen molar-refractivity contribution in [2.75, 3.05) is 19.0 Å². The standard InChI is InChI=1S/C24H32FN6O7P/c1-13(2)36-24(33)14(3)30-39(34,38-16-9-7-6-8-10-16)35-11-17-20(32)18(25)23(37-17)31-12-27-19-21(26-5)28-15(4)29-22(19)31/h6-10,12-14,17-18,20,23,32H,11H2,1-5H3,(H,30,34)(H,26,28,29)/t14-,17-,18-,20-,23-,39?/m1/s1. The van der Waals surface area contributed by atoms with Gasteiger partial charge in [-0.1, -0.05) is 18.2 Å². The largest absolute Gasteiger partial charge is 0.462 e. The smallest absolute Gasteiger partial charge is 0.459 e. The summed E-state index contributed by atoms with van der Waals surface area (Å²) in [6, 6.07) is 7.11. The van der Waals surface area contributed by atoms with Gasteiger partial charge in [0.25, 0.3) is 0 Å². The number of esters is 1. The molecular weight excluding hydrogens is 534 g/mol. The van der Waals surface area contributed by atoms with Crippen LogP contribution in [0.5, 0.6) is 5.75 Å². The maximum atomic E-state index is 15.3. The zero-order valence-corrected chi connectivity index (χ0v) is 23.0. The van der Waals surface area contributed by atoms with Gasteiger partial charge in [0.2, 0.25) is 0 Å². The number of halogens is 1. The SMILES string of the molecule is CNc1nc(C)nc2c1ncn2[C@@H]1O[C@H](COP(=O)(N[C@H](C)C(=O)OC(C)C)Oc2ccccc2)[C@@H](O)[C@H]1F. The number of fused-ring (bicyclic) bond motifs is 1. The molecule has 15 heteroatoms. The first-order valence-corrected chi connectivity index (χ1v) is 13.9. The third kappa shape index (κ3) is 6.53. The molecule has 212 valence electrons. The molecule has 2 aromatic heterocycles. The monoisotopic (exact) mass is 566 g/mol. The first kappa shape index (κ1) is 28.8. The zero-order valence-electron chi connectivity index (χ0n) is 22.1. The van der Waals surface area contributed by atoms with Crippen LogP contribution in [0.3, 0.4) is 0 Å². The molecule has 1 aliphatic rings. The number of para-hydroxylation sites is 1. The summed E-state index contributed by atoms with van der Waals surface area (Å²) in [5.41, 5.74) is 0.714. The van der Waals surface area contributed by atoms with Crippen molar-refractivity contribution in [3.05, 3.63) is 42.5 Å². The van der Waals surface area contributed by atoms with Crippen molar-refractivity contribution in [1.29, 1.82) is 0 Å². The molecule has 39 heavy (non-hydrogen) atoms. The Kier molecular flexibility index (Phi) is 8.82. The number of aliphatic hydroxyl groups excluding tert-OH is 1. The number of alkyl halides is 1. The Morgan fingerprint density at radius 2 is 1.97 bits per heavy atom. The van der Waals surface area contributed by atoms with Crippen LogP contribution >= 0.6 is 7.75 Å². The Labute approximate surface area is 224 Å². The molecule has 3 N–H and O–H groups in total. The lowest BCUT2D eigenvalue weighted by molar-refractivity contribution is -0.149. The fourth-order valence-corrected chi connectivity index (χ4v) is 5.46. The Morgan fingerprint density at radius 3 is 2.64 bits per heavy atom. The molecule has 1 aromatic carbocycles. The van der Waals surface area contributed by atoms with Gasteiger partial charge in [-0.15, -0.1) is 0 Å². The van der Waals surface area contributed by atoms with Gasteiger partial charge in [-0.3, -0.25) is 13.9 Å². The maximum absolute atomic E-state index is 15.3. The number of anilines is 1. The number of hydrogen-bond acceptors (Lipinski definition) is 11. The third-order valence-corrected chi connectivity index (χ3v) is 7.42. The molecule has 1 aliphatic heterocycles. The number of rotatable bonds is 11. The van der Waals surface area contributed by atoms with Crippen molar-refractivity contribution in [1.82, 2.24) is 24.6 Å². The highest BCUT2D eigenvalue weighted by Crippen LogP contribution is 2.46. The van der Waals surface area contributed by atoms with E-state index in [0.29, 0.717) is 22.8 Å². The summed E-state index contributed by atoms with van der Waals surface area (Å²) in [5.74, 6) is 0.418. The van der Waals surface area contributed by atoms with Crippen LogP contribution in [0.2, 0.25) is 0 Å². The average molecular weight is 567 g/mol. The van der Waals surface area contributed by atoms with Gasteiger partial charge in [-0.2, -0.15) is 5.09 Å². The zero-order chi connectivity index (χ0) is 28.3. The number of nitrogens with one attached hydrogen (secondary N) is 2. The van der Waals surface area contributed by atoms with E-state index in [1.54, 1.807) is 58.2 Å². The normalized spacial score (nSPS) is 23.5. The fourth-order valence-electron chi connectivity index (χ4n) is 3.96. The van der Waals surface area contributed by atoms with Crippen molar-refractivity contribution in [3.8, 4) is 5.75 Å². The van der Waals surface area contributed by atoms with Crippen LogP contribution in [0.1, 0.15) is 32.8 Å². The fraction of sp³-hybridized carbons (Fsp3) is 0.500. The molecule has 1 unspecified atom stereocenters. The van der Waals surface area contributed by atoms with E-state index in [2.05, 4.69) is 25.4 Å². The number of carbonyl (C=O) groups is 1. The van der Waals surface area contributed by atoms with E-state index in [1.807, 2.05) is 0 Å². The van der Waals surface area contributed by atoms with Crippen molar-refractivity contribution >= 4 is 30.7 Å². The Morgan fingerprint density at radius 1 is 1.26 bits per heavy atom. The predicted molar refractivity (Wildman–Crippen MR) is 139 cm³/mol. The van der Waals surface area contributed by atoms with Gasteiger partial charge in [-0.05, 0) is 39.8 Å². The van der Waals surface area contributed by atoms with Crippen LogP contribution in [0, 0.1) is 6.92 Å². The van der Waals surface area contributed by atoms with Gasteiger partial charge < -0.3 is 24.4 Å². The van der Waals surface area contributed by atoms with E-state index in [-0.39, 0.29) is 5.75 Å². The highest BCUT2D eigenvalue weighted by molar-refractivity contribution is 7.52. The highest BCUT2D eigenvalue weighted by atomic mass is 31.2. The molecule has 0 amide bonds. The van der Waals surface area contributed by atoms with Crippen LogP contribution in [0.4, 0.5) is 10.2 Å². The summed E-state index contributed by atoms with van der Waals surface area (Å²) < 4.78 is 52.5. The lowest BCUT2D eigenvalue weighted by Crippen LogP contribution is -2.37. The second-order valence-electron chi connectivity index (χ2n) is 9.23. The first-order valence-electron chi connectivity index (χ1n) is 12.4. The van der Waals surface area contributed by atoms with Gasteiger partial charge in [0.1, 0.15) is 29.8 Å². The molecular formula is C24H32FN6O7P. The number of aryl methyl sites for hydroxylation is 1. The molecule has 0 aliphatic carbocycles. The molecule has 3 heterocycles. The number of benzene rings is 1. The molecule has 0 bridgehead atoms. The van der Waals surface area contributed by atoms with Gasteiger partial charge >= 0.3 is 13.7 Å². The molecule has 1 fully saturated rings. The van der Waals surface area contributed by atoms with Gasteiger partial charge in [0.15, 0.2) is 29.4 Å². The molecule has 6 atom stereocenters. The Hall–Kier alpha value is -3.16. The molecule has 3 aromatic rings. The molecule has 0 spiro atoms. The predicted octanol–water partition coefficient (Wildman–Crippen LogP) is 2.91. The maximum Gasteiger partial charge on any atom is 0.459 e. The van der Waals surface area contributed by atoms with Crippen LogP contribution in [0.15, 0.2) is 36.7 Å². The van der Waals surface area contributed by atoms with Gasteiger partial charge in [0, 0.05) is 7.05 Å². The second-order valence-corrected chi connectivity index (χ2v) is 10.9. The van der Waals surface area contributed by atoms with Gasteiger partial charge in [0.05, 0.1) is 19.0 Å². The number of hydrogen-bond donors (Lipinski definition) is 3. The van der Waals surface area contributed by atoms with Crippen LogP contribution < -0.4 is 14.9 Å². The summed E-state index contributed by atoms with van der Waals surface area (Å²) in [6.45, 7) is 5.96. The second kappa shape index (κ2) is 11.9. The van der Waals surface area contributed by atoms with Crippen LogP contribution in [-0.4, -0.2) is 74.8 Å². The average Bonchev–Trinajstić information content (AvgIpc) is 3.42. The number of carbonyl (C=O) groups excluding carboxylic acids is 1. The number of ether oxygens (including phenoxy) is 2. The van der Waals surface area contributed by atoms with E-state index < -0.39 is 57.1 Å². The third-order valence-electron chi connectivity index (χ3n) is 5.77. The molecule has 13 nitrogen and oxygen atoms in total. The molecule has 1 saturated heterocycles. The summed E-state index contributed by atoms with van der Waals surface area (Å²) >= 11 is 0. The van der Waals surface area contributed by atoms with Gasteiger partial charge in [-0.25, -0.2) is 23.9 Å². The van der Waals surface area contributed by atoms with Crippen molar-refractivity contribution in [2.45, 2.75) is 64.4 Å². The highest BCUT2D eigenvalue weighted by Gasteiger charge is 2.47. The van der Waals surface area contributed by atoms with E-state index >= 15 is 4.39 Å². The van der Waals surface area contributed by atoms with E-state index in [0.717, 1.165) is 0 Å². The summed E-state index contributed by atoms with van der Waals surface area (Å²) in [4.78, 5) is 25.2. The minimum Gasteiger partial charge on any atom is -0.462 e. The summed E-state index contributed by atoms with van der Waals surface area (Å²) in [7, 11) is -2.57. The lowest BCUT2D eigenvalue weighted by atomic mass is 10.1. The number of aliphatic hydroxyl groups is 1. The van der Waals surface area contributed by atoms with Crippen molar-refractivity contribution < 1.29 is 37.4 Å². The molecule has 0 saturated carbocycles. The van der Waals surface area contributed by atoms with Crippen LogP contribution in [0.25, 0.3) is 11.2 Å².